The van der Waals surface area contributed by atoms with E-state index in [-0.39, 0.29) is 11.8 Å². The molecule has 3 rings (SSSR count). The van der Waals surface area contributed by atoms with Crippen LogP contribution in [-0.2, 0) is 4.79 Å². The van der Waals surface area contributed by atoms with E-state index < -0.39 is 0 Å². The molecule has 20 heavy (non-hydrogen) atoms. The summed E-state index contributed by atoms with van der Waals surface area (Å²) >= 11 is 0. The number of carbonyl (C=O) groups is 2. The zero-order chi connectivity index (χ0) is 14.1. The van der Waals surface area contributed by atoms with Gasteiger partial charge in [0.25, 0.3) is 5.91 Å². The zero-order valence-corrected chi connectivity index (χ0v) is 11.2. The van der Waals surface area contributed by atoms with Crippen molar-refractivity contribution in [2.45, 2.75) is 6.92 Å². The van der Waals surface area contributed by atoms with Gasteiger partial charge < -0.3 is 9.80 Å². The predicted molar refractivity (Wildman–Crippen MR) is 72.0 cm³/mol. The first-order valence-electron chi connectivity index (χ1n) is 6.50. The van der Waals surface area contributed by atoms with Crippen LogP contribution in [0.25, 0.3) is 11.0 Å². The van der Waals surface area contributed by atoms with Gasteiger partial charge in [0.1, 0.15) is 11.0 Å². The van der Waals surface area contributed by atoms with Gasteiger partial charge in [0.2, 0.25) is 5.91 Å². The van der Waals surface area contributed by atoms with Crippen molar-refractivity contribution in [1.29, 1.82) is 0 Å². The van der Waals surface area contributed by atoms with Crippen LogP contribution < -0.4 is 0 Å². The fraction of sp³-hybridized carbons (Fsp3) is 0.385. The van der Waals surface area contributed by atoms with Crippen LogP contribution in [0.1, 0.15) is 17.3 Å². The minimum absolute atomic E-state index is 0.0295. The van der Waals surface area contributed by atoms with E-state index in [0.29, 0.717) is 37.3 Å². The third-order valence-electron chi connectivity index (χ3n) is 3.58. The van der Waals surface area contributed by atoms with Gasteiger partial charge in [-0.3, -0.25) is 9.59 Å². The number of nitrogens with zero attached hydrogens (tertiary/aromatic N) is 4. The molecule has 1 fully saturated rings. The molecule has 104 valence electrons. The molecular formula is C13H15N5O2. The van der Waals surface area contributed by atoms with Gasteiger partial charge in [0, 0.05) is 38.7 Å². The van der Waals surface area contributed by atoms with Crippen LogP contribution in [0.3, 0.4) is 0 Å². The number of hydrogen-bond acceptors (Lipinski definition) is 4. The number of nitrogens with one attached hydrogen (secondary N) is 1. The quantitative estimate of drug-likeness (QED) is 0.808. The maximum absolute atomic E-state index is 12.4. The molecule has 7 heteroatoms. The topological polar surface area (TPSA) is 82.2 Å². The highest BCUT2D eigenvalue weighted by Crippen LogP contribution is 2.14. The molecule has 0 bridgehead atoms. The maximum Gasteiger partial charge on any atom is 0.254 e. The largest absolute Gasteiger partial charge is 0.339 e. The maximum atomic E-state index is 12.4. The number of rotatable bonds is 1. The number of carbonyl (C=O) groups excluding carboxylic acids is 2. The molecule has 0 unspecified atom stereocenters. The summed E-state index contributed by atoms with van der Waals surface area (Å²) in [4.78, 5) is 27.2. The van der Waals surface area contributed by atoms with Crippen molar-refractivity contribution in [3.05, 3.63) is 23.8 Å². The lowest BCUT2D eigenvalue weighted by atomic mass is 10.1. The molecule has 1 aromatic heterocycles. The lowest BCUT2D eigenvalue weighted by Gasteiger charge is -2.34. The van der Waals surface area contributed by atoms with E-state index in [9.17, 15) is 9.59 Å². The first-order valence-corrected chi connectivity index (χ1v) is 6.50. The fourth-order valence-electron chi connectivity index (χ4n) is 2.38. The Bertz CT molecular complexity index is 658. The van der Waals surface area contributed by atoms with Crippen LogP contribution in [0.2, 0.25) is 0 Å². The summed E-state index contributed by atoms with van der Waals surface area (Å²) in [6, 6.07) is 5.26. The minimum Gasteiger partial charge on any atom is -0.339 e. The third kappa shape index (κ3) is 2.22. The summed E-state index contributed by atoms with van der Waals surface area (Å²) in [7, 11) is 0. The summed E-state index contributed by atoms with van der Waals surface area (Å²) < 4.78 is 0. The summed E-state index contributed by atoms with van der Waals surface area (Å²) in [5.41, 5.74) is 2.02. The second-order valence-corrected chi connectivity index (χ2v) is 4.83. The van der Waals surface area contributed by atoms with Gasteiger partial charge in [-0.05, 0) is 18.2 Å². The van der Waals surface area contributed by atoms with Crippen molar-refractivity contribution in [1.82, 2.24) is 25.2 Å². The first kappa shape index (κ1) is 12.6. The Labute approximate surface area is 115 Å². The number of hydrogen-bond donors (Lipinski definition) is 1. The molecule has 1 saturated heterocycles. The molecule has 1 aromatic carbocycles. The fourth-order valence-corrected chi connectivity index (χ4v) is 2.38. The Balaban J connectivity index is 1.74. The summed E-state index contributed by atoms with van der Waals surface area (Å²) in [5, 5.41) is 10.5. The Hall–Kier alpha value is -2.44. The van der Waals surface area contributed by atoms with Gasteiger partial charge in [-0.15, -0.1) is 0 Å². The Morgan fingerprint density at radius 1 is 1.05 bits per heavy atom. The molecule has 2 amide bonds. The average molecular weight is 273 g/mol. The molecule has 1 N–H and O–H groups in total. The number of amides is 2. The Morgan fingerprint density at radius 3 is 2.40 bits per heavy atom. The molecule has 0 saturated carbocycles. The minimum atomic E-state index is -0.0295. The number of H-pyrrole nitrogens is 1. The molecule has 1 aliphatic rings. The molecule has 0 atom stereocenters. The average Bonchev–Trinajstić information content (AvgIpc) is 2.94. The molecule has 0 spiro atoms. The van der Waals surface area contributed by atoms with Crippen molar-refractivity contribution in [3.8, 4) is 0 Å². The molecule has 2 heterocycles. The van der Waals surface area contributed by atoms with Gasteiger partial charge in [0.15, 0.2) is 0 Å². The zero-order valence-electron chi connectivity index (χ0n) is 11.2. The van der Waals surface area contributed by atoms with E-state index in [0.717, 1.165) is 5.52 Å². The monoisotopic (exact) mass is 273 g/mol. The van der Waals surface area contributed by atoms with E-state index in [1.807, 2.05) is 0 Å². The van der Waals surface area contributed by atoms with Crippen LogP contribution in [0, 0.1) is 0 Å². The highest BCUT2D eigenvalue weighted by atomic mass is 16.2. The van der Waals surface area contributed by atoms with E-state index in [4.69, 9.17) is 0 Å². The highest BCUT2D eigenvalue weighted by molar-refractivity contribution is 5.97. The van der Waals surface area contributed by atoms with Gasteiger partial charge >= 0.3 is 0 Å². The van der Waals surface area contributed by atoms with Crippen LogP contribution >= 0.6 is 0 Å². The summed E-state index contributed by atoms with van der Waals surface area (Å²) in [6.45, 7) is 3.86. The second kappa shape index (κ2) is 4.92. The number of piperazine rings is 1. The van der Waals surface area contributed by atoms with Crippen LogP contribution in [0.4, 0.5) is 0 Å². The normalized spacial score (nSPS) is 15.7. The van der Waals surface area contributed by atoms with Gasteiger partial charge in [0.05, 0.1) is 0 Å². The number of fused-ring (bicyclic) bond motifs is 1. The SMILES string of the molecule is CC(=O)N1CCN(C(=O)c2ccc3n[nH]nc3c2)CC1. The van der Waals surface area contributed by atoms with Crippen molar-refractivity contribution < 1.29 is 9.59 Å². The molecular weight excluding hydrogens is 258 g/mol. The van der Waals surface area contributed by atoms with Gasteiger partial charge in [-0.25, -0.2) is 0 Å². The van der Waals surface area contributed by atoms with Crippen LogP contribution in [0.15, 0.2) is 18.2 Å². The van der Waals surface area contributed by atoms with Crippen molar-refractivity contribution in [2.24, 2.45) is 0 Å². The number of benzene rings is 1. The van der Waals surface area contributed by atoms with E-state index in [2.05, 4.69) is 15.4 Å². The smallest absolute Gasteiger partial charge is 0.254 e. The standard InChI is InChI=1S/C13H15N5O2/c1-9(19)17-4-6-18(7-5-17)13(20)10-2-3-11-12(8-10)15-16-14-11/h2-3,8H,4-7H2,1H3,(H,14,15,16). The van der Waals surface area contributed by atoms with Crippen LogP contribution in [-0.4, -0.2) is 63.2 Å². The highest BCUT2D eigenvalue weighted by Gasteiger charge is 2.23. The third-order valence-corrected chi connectivity index (χ3v) is 3.58. The molecule has 0 aliphatic carbocycles. The van der Waals surface area contributed by atoms with Crippen LogP contribution in [0.5, 0.6) is 0 Å². The Kier molecular flexibility index (Phi) is 3.09. The number of aromatic amines is 1. The molecule has 2 aromatic rings. The van der Waals surface area contributed by atoms with E-state index >= 15 is 0 Å². The first-order chi connectivity index (χ1) is 9.65. The van der Waals surface area contributed by atoms with E-state index in [1.165, 1.54) is 0 Å². The van der Waals surface area contributed by atoms with Crippen molar-refractivity contribution in [3.63, 3.8) is 0 Å². The lowest BCUT2D eigenvalue weighted by Crippen LogP contribution is -2.50. The van der Waals surface area contributed by atoms with E-state index in [1.54, 1.807) is 34.9 Å². The second-order valence-electron chi connectivity index (χ2n) is 4.83. The number of aromatic nitrogens is 3. The molecule has 7 nitrogen and oxygen atoms in total. The summed E-state index contributed by atoms with van der Waals surface area (Å²) in [6.07, 6.45) is 0. The van der Waals surface area contributed by atoms with Gasteiger partial charge in [-0.2, -0.15) is 15.4 Å². The van der Waals surface area contributed by atoms with Crippen molar-refractivity contribution >= 4 is 22.8 Å². The lowest BCUT2D eigenvalue weighted by molar-refractivity contribution is -0.130. The van der Waals surface area contributed by atoms with Crippen molar-refractivity contribution in [2.75, 3.05) is 26.2 Å². The Morgan fingerprint density at radius 2 is 1.70 bits per heavy atom. The predicted octanol–water partition coefficient (Wildman–Crippen LogP) is 0.262. The summed E-state index contributed by atoms with van der Waals surface area (Å²) in [5.74, 6) is 0.0271. The van der Waals surface area contributed by atoms with Gasteiger partial charge in [-0.1, -0.05) is 0 Å². The molecule has 1 aliphatic heterocycles. The molecule has 0 radical (unpaired) electrons.